The molecule has 0 aromatic heterocycles. The van der Waals surface area contributed by atoms with E-state index >= 15 is 4.39 Å². The minimum atomic E-state index is -1.52. The summed E-state index contributed by atoms with van der Waals surface area (Å²) in [6, 6.07) is 8.50. The first-order valence-electron chi connectivity index (χ1n) is 12.2. The van der Waals surface area contributed by atoms with Crippen LogP contribution in [0.25, 0.3) is 0 Å². The van der Waals surface area contributed by atoms with Gasteiger partial charge in [0.1, 0.15) is 6.17 Å². The molecule has 3 saturated carbocycles. The molecule has 7 heteroatoms. The maximum Gasteiger partial charge on any atom is 0.339 e. The second-order valence-corrected chi connectivity index (χ2v) is 11.8. The van der Waals surface area contributed by atoms with Gasteiger partial charge in [-0.1, -0.05) is 43.7 Å². The van der Waals surface area contributed by atoms with Crippen molar-refractivity contribution in [2.24, 2.45) is 22.7 Å². The van der Waals surface area contributed by atoms with E-state index in [9.17, 15) is 14.4 Å². The summed E-state index contributed by atoms with van der Waals surface area (Å²) in [6.07, 6.45) is 5.40. The molecule has 4 nitrogen and oxygen atoms in total. The normalized spacial score (nSPS) is 41.9. The summed E-state index contributed by atoms with van der Waals surface area (Å²) in [7, 11) is 0. The lowest BCUT2D eigenvalue weighted by atomic mass is 9.46. The summed E-state index contributed by atoms with van der Waals surface area (Å²) in [4.78, 5) is 37.4. The first-order chi connectivity index (χ1) is 16.5. The average molecular weight is 519 g/mol. The fourth-order valence-corrected chi connectivity index (χ4v) is 8.45. The summed E-state index contributed by atoms with van der Waals surface area (Å²) < 4.78 is 22.6. The number of alkyl halides is 3. The van der Waals surface area contributed by atoms with Crippen LogP contribution >= 0.6 is 23.2 Å². The molecule has 1 aromatic carbocycles. The van der Waals surface area contributed by atoms with Crippen LogP contribution in [0.5, 0.6) is 0 Å². The van der Waals surface area contributed by atoms with Gasteiger partial charge in [0.05, 0.1) is 16.3 Å². The molecule has 0 bridgehead atoms. The Labute approximate surface area is 214 Å². The highest BCUT2D eigenvalue weighted by molar-refractivity contribution is 6.29. The summed E-state index contributed by atoms with van der Waals surface area (Å²) >= 11 is 13.4. The largest absolute Gasteiger partial charge is 0.447 e. The number of benzene rings is 1. The molecule has 0 aliphatic heterocycles. The number of carbonyl (C=O) groups excluding carboxylic acids is 3. The molecular formula is C28H29Cl2FO4. The number of allylic oxidation sites excluding steroid dienone is 4. The van der Waals surface area contributed by atoms with Gasteiger partial charge in [-0.05, 0) is 68.2 Å². The van der Waals surface area contributed by atoms with Gasteiger partial charge in [-0.3, -0.25) is 9.59 Å². The lowest BCUT2D eigenvalue weighted by Crippen LogP contribution is -2.68. The molecule has 0 amide bonds. The van der Waals surface area contributed by atoms with E-state index in [1.807, 2.05) is 13.8 Å². The number of esters is 1. The lowest BCUT2D eigenvalue weighted by Gasteiger charge is -2.63. The van der Waals surface area contributed by atoms with Crippen molar-refractivity contribution < 1.29 is 23.5 Å². The number of hydrogen-bond acceptors (Lipinski definition) is 4. The average Bonchev–Trinajstić information content (AvgIpc) is 3.13. The fraction of sp³-hybridized carbons (Fsp3) is 0.536. The molecule has 0 radical (unpaired) electrons. The Morgan fingerprint density at radius 2 is 1.86 bits per heavy atom. The standard InChI is InChI=1S/C28H29Cl2FO4/c1-25-12-10-19(32)14-18(25)8-9-21-20-11-13-27(23(33)16-29,26(20,2)15-22(31)28(21,25)30)35-24(34)17-6-4-3-5-7-17/h3-7,10,12,14,20-22H,8-9,11,13,15-16H2,1-2H3/t20-,21-,22+,25-,26-,27-,28-/m0/s1. The third-order valence-corrected chi connectivity index (χ3v) is 10.7. The Morgan fingerprint density at radius 3 is 2.54 bits per heavy atom. The van der Waals surface area contributed by atoms with Crippen LogP contribution in [0, 0.1) is 22.7 Å². The third-order valence-electron chi connectivity index (χ3n) is 9.57. The molecule has 0 saturated heterocycles. The van der Waals surface area contributed by atoms with Crippen LogP contribution in [0.3, 0.4) is 0 Å². The van der Waals surface area contributed by atoms with E-state index in [1.54, 1.807) is 42.5 Å². The van der Waals surface area contributed by atoms with Gasteiger partial charge in [0.15, 0.2) is 17.2 Å². The molecular weight excluding hydrogens is 490 g/mol. The second-order valence-electron chi connectivity index (χ2n) is 10.9. The SMILES string of the molecule is C[C@]12C=CC(=O)C=C1CC[C@H]1[C@@H]3CC[C@](OC(=O)c4ccccc4)(C(=O)CCl)[C@@]3(C)C[C@@H](F)[C@@]12Cl. The topological polar surface area (TPSA) is 60.4 Å². The van der Waals surface area contributed by atoms with Gasteiger partial charge in [-0.15, -0.1) is 23.2 Å². The highest BCUT2D eigenvalue weighted by atomic mass is 35.5. The van der Waals surface area contributed by atoms with E-state index in [2.05, 4.69) is 0 Å². The van der Waals surface area contributed by atoms with Crippen molar-refractivity contribution in [1.29, 1.82) is 0 Å². The van der Waals surface area contributed by atoms with Crippen molar-refractivity contribution in [3.05, 3.63) is 59.7 Å². The number of fused-ring (bicyclic) bond motifs is 5. The number of halogens is 3. The Kier molecular flexibility index (Phi) is 5.84. The van der Waals surface area contributed by atoms with Crippen LogP contribution in [0.1, 0.15) is 56.3 Å². The zero-order chi connectivity index (χ0) is 25.2. The van der Waals surface area contributed by atoms with Crippen LogP contribution in [0.4, 0.5) is 4.39 Å². The highest BCUT2D eigenvalue weighted by Gasteiger charge is 2.74. The predicted molar refractivity (Wildman–Crippen MR) is 132 cm³/mol. The Balaban J connectivity index is 1.57. The number of Topliss-reactive ketones (excluding diaryl/α,β-unsaturated/α-hetero) is 1. The Bertz CT molecular complexity index is 1150. The molecule has 0 spiro atoms. The summed E-state index contributed by atoms with van der Waals surface area (Å²) in [5.74, 6) is -1.85. The smallest absolute Gasteiger partial charge is 0.339 e. The first-order valence-corrected chi connectivity index (χ1v) is 13.1. The molecule has 7 atom stereocenters. The van der Waals surface area contributed by atoms with E-state index in [0.29, 0.717) is 24.8 Å². The van der Waals surface area contributed by atoms with Crippen molar-refractivity contribution in [3.63, 3.8) is 0 Å². The number of rotatable bonds is 4. The van der Waals surface area contributed by atoms with Crippen LogP contribution in [-0.2, 0) is 14.3 Å². The summed E-state index contributed by atoms with van der Waals surface area (Å²) in [5, 5.41) is 0. The minimum Gasteiger partial charge on any atom is -0.447 e. The monoisotopic (exact) mass is 518 g/mol. The highest BCUT2D eigenvalue weighted by Crippen LogP contribution is 2.71. The zero-order valence-electron chi connectivity index (χ0n) is 19.9. The second kappa shape index (κ2) is 8.27. The van der Waals surface area contributed by atoms with Crippen LogP contribution in [-0.4, -0.2) is 40.1 Å². The van der Waals surface area contributed by atoms with Gasteiger partial charge in [-0.2, -0.15) is 0 Å². The predicted octanol–water partition coefficient (Wildman–Crippen LogP) is 6.01. The number of ether oxygens (including phenoxy) is 1. The first kappa shape index (κ1) is 24.7. The molecule has 186 valence electrons. The van der Waals surface area contributed by atoms with E-state index in [0.717, 1.165) is 5.57 Å². The van der Waals surface area contributed by atoms with Gasteiger partial charge >= 0.3 is 5.97 Å². The molecule has 0 heterocycles. The maximum atomic E-state index is 16.5. The van der Waals surface area contributed by atoms with Crippen molar-refractivity contribution in [2.45, 2.75) is 62.6 Å². The molecule has 1 aromatic rings. The molecule has 4 aliphatic rings. The molecule has 35 heavy (non-hydrogen) atoms. The van der Waals surface area contributed by atoms with Crippen molar-refractivity contribution in [1.82, 2.24) is 0 Å². The van der Waals surface area contributed by atoms with Crippen molar-refractivity contribution in [3.8, 4) is 0 Å². The molecule has 0 N–H and O–H groups in total. The minimum absolute atomic E-state index is 0.0347. The lowest BCUT2D eigenvalue weighted by molar-refractivity contribution is -0.165. The van der Waals surface area contributed by atoms with E-state index in [1.165, 1.54) is 6.08 Å². The number of hydrogen-bond donors (Lipinski definition) is 0. The summed E-state index contributed by atoms with van der Waals surface area (Å²) in [6.45, 7) is 3.78. The maximum absolute atomic E-state index is 16.5. The molecule has 3 fully saturated rings. The Hall–Kier alpha value is -1.98. The summed E-state index contributed by atoms with van der Waals surface area (Å²) in [5.41, 5.74) is -2.10. The van der Waals surface area contributed by atoms with Gasteiger partial charge in [0, 0.05) is 10.8 Å². The Morgan fingerprint density at radius 1 is 1.14 bits per heavy atom. The molecule has 0 unspecified atom stereocenters. The number of carbonyl (C=O) groups is 3. The van der Waals surface area contributed by atoms with Gasteiger partial charge in [-0.25, -0.2) is 9.18 Å². The fourth-order valence-electron chi connectivity index (χ4n) is 7.72. The van der Waals surface area contributed by atoms with E-state index < -0.39 is 39.2 Å². The molecule has 4 aliphatic carbocycles. The van der Waals surface area contributed by atoms with Gasteiger partial charge in [0.2, 0.25) is 0 Å². The quantitative estimate of drug-likeness (QED) is 0.361. The van der Waals surface area contributed by atoms with Crippen LogP contribution in [0.15, 0.2) is 54.1 Å². The number of ketones is 2. The van der Waals surface area contributed by atoms with Crippen LogP contribution < -0.4 is 0 Å². The molecule has 5 rings (SSSR count). The van der Waals surface area contributed by atoms with E-state index in [4.69, 9.17) is 27.9 Å². The van der Waals surface area contributed by atoms with Crippen molar-refractivity contribution >= 4 is 40.7 Å². The van der Waals surface area contributed by atoms with Gasteiger partial charge < -0.3 is 4.74 Å². The zero-order valence-corrected chi connectivity index (χ0v) is 21.4. The third kappa shape index (κ3) is 3.20. The van der Waals surface area contributed by atoms with Gasteiger partial charge in [0.25, 0.3) is 0 Å². The van der Waals surface area contributed by atoms with E-state index in [-0.39, 0.29) is 36.3 Å². The van der Waals surface area contributed by atoms with Crippen LogP contribution in [0.2, 0.25) is 0 Å². The van der Waals surface area contributed by atoms with Crippen molar-refractivity contribution in [2.75, 3.05) is 5.88 Å².